The zero-order valence-electron chi connectivity index (χ0n) is 15.0. The molecule has 0 saturated carbocycles. The number of benzene rings is 2. The molecular formula is C18H21NO7S. The molecule has 27 heavy (non-hydrogen) atoms. The highest BCUT2D eigenvalue weighted by molar-refractivity contribution is 7.86. The van der Waals surface area contributed by atoms with Gasteiger partial charge in [-0.05, 0) is 36.9 Å². The summed E-state index contributed by atoms with van der Waals surface area (Å²) in [6.45, 7) is 3.14. The Morgan fingerprint density at radius 3 is 2.41 bits per heavy atom. The molecule has 0 spiro atoms. The molecule has 9 heteroatoms. The van der Waals surface area contributed by atoms with E-state index in [1.54, 1.807) is 31.2 Å². The maximum Gasteiger partial charge on any atom is 0.295 e. The molecule has 0 radical (unpaired) electrons. The molecule has 8 nitrogen and oxygen atoms in total. The normalized spacial score (nSPS) is 11.5. The lowest BCUT2D eigenvalue weighted by molar-refractivity contribution is -0.124. The topological polar surface area (TPSA) is 119 Å². The lowest BCUT2D eigenvalue weighted by atomic mass is 10.1. The minimum atomic E-state index is -4.47. The van der Waals surface area contributed by atoms with Gasteiger partial charge in [0.1, 0.15) is 18.1 Å². The van der Waals surface area contributed by atoms with Crippen LogP contribution in [0.3, 0.4) is 0 Å². The smallest absolute Gasteiger partial charge is 0.295 e. The average molecular weight is 395 g/mol. The first-order valence-electron chi connectivity index (χ1n) is 8.14. The van der Waals surface area contributed by atoms with Crippen LogP contribution in [0, 0.1) is 6.92 Å². The van der Waals surface area contributed by atoms with E-state index in [1.165, 1.54) is 13.0 Å². The quantitative estimate of drug-likeness (QED) is 0.492. The lowest BCUT2D eigenvalue weighted by Crippen LogP contribution is -2.20. The number of aryl methyl sites for hydroxylation is 1. The third kappa shape index (κ3) is 6.10. The summed E-state index contributed by atoms with van der Waals surface area (Å²) >= 11 is 0. The summed E-state index contributed by atoms with van der Waals surface area (Å²) in [5.41, 5.74) is 0.911. The Morgan fingerprint density at radius 1 is 1.11 bits per heavy atom. The SMILES string of the molecule is CC(=O)COCCOCC(=O)Nc1cccc2cc(C)cc(S(=O)(=O)O)c12. The summed E-state index contributed by atoms with van der Waals surface area (Å²) < 4.78 is 43.2. The van der Waals surface area contributed by atoms with Gasteiger partial charge in [0.25, 0.3) is 10.1 Å². The Balaban J connectivity index is 2.10. The average Bonchev–Trinajstić information content (AvgIpc) is 2.56. The van der Waals surface area contributed by atoms with Crippen molar-refractivity contribution in [3.05, 3.63) is 35.9 Å². The molecule has 0 atom stereocenters. The molecule has 1 amide bonds. The Labute approximate surface area is 157 Å². The number of carbonyl (C=O) groups is 2. The molecule has 0 fully saturated rings. The number of rotatable bonds is 9. The number of amides is 1. The van der Waals surface area contributed by atoms with Crippen molar-refractivity contribution >= 4 is 38.3 Å². The third-order valence-electron chi connectivity index (χ3n) is 3.55. The van der Waals surface area contributed by atoms with Crippen LogP contribution in [0.1, 0.15) is 12.5 Å². The van der Waals surface area contributed by atoms with Crippen LogP contribution in [0.2, 0.25) is 0 Å². The van der Waals surface area contributed by atoms with Crippen molar-refractivity contribution in [1.82, 2.24) is 0 Å². The molecule has 0 heterocycles. The minimum Gasteiger partial charge on any atom is -0.371 e. The van der Waals surface area contributed by atoms with Crippen molar-refractivity contribution in [1.29, 1.82) is 0 Å². The van der Waals surface area contributed by atoms with Crippen molar-refractivity contribution in [3.8, 4) is 0 Å². The first kappa shape index (κ1) is 21.0. The second kappa shape index (κ2) is 9.05. The highest BCUT2D eigenvalue weighted by Gasteiger charge is 2.18. The van der Waals surface area contributed by atoms with Crippen LogP contribution in [0.25, 0.3) is 10.8 Å². The third-order valence-corrected chi connectivity index (χ3v) is 4.43. The number of nitrogens with one attached hydrogen (secondary N) is 1. The molecule has 0 saturated heterocycles. The van der Waals surface area contributed by atoms with Gasteiger partial charge in [-0.25, -0.2) is 0 Å². The zero-order chi connectivity index (χ0) is 20.0. The summed E-state index contributed by atoms with van der Waals surface area (Å²) in [6.07, 6.45) is 0. The van der Waals surface area contributed by atoms with E-state index in [-0.39, 0.29) is 48.2 Å². The fraction of sp³-hybridized carbons (Fsp3) is 0.333. The summed E-state index contributed by atoms with van der Waals surface area (Å²) in [5.74, 6) is -0.593. The van der Waals surface area contributed by atoms with Gasteiger partial charge in [0.2, 0.25) is 5.91 Å². The largest absolute Gasteiger partial charge is 0.371 e. The van der Waals surface area contributed by atoms with E-state index >= 15 is 0 Å². The van der Waals surface area contributed by atoms with E-state index in [4.69, 9.17) is 9.47 Å². The standard InChI is InChI=1S/C18H21NO7S/c1-12-8-14-4-3-5-15(18(14)16(9-12)27(22,23)24)19-17(21)11-26-7-6-25-10-13(2)20/h3-5,8-9H,6-7,10-11H2,1-2H3,(H,19,21)(H,22,23,24). The van der Waals surface area contributed by atoms with Crippen molar-refractivity contribution in [2.75, 3.05) is 31.7 Å². The van der Waals surface area contributed by atoms with Crippen molar-refractivity contribution < 1.29 is 32.0 Å². The van der Waals surface area contributed by atoms with Crippen molar-refractivity contribution in [3.63, 3.8) is 0 Å². The van der Waals surface area contributed by atoms with E-state index in [1.807, 2.05) is 0 Å². The maximum atomic E-state index is 12.1. The second-order valence-corrected chi connectivity index (χ2v) is 7.39. The minimum absolute atomic E-state index is 0.0105. The first-order valence-corrected chi connectivity index (χ1v) is 9.58. The molecule has 2 aromatic carbocycles. The van der Waals surface area contributed by atoms with Gasteiger partial charge in [-0.15, -0.1) is 0 Å². The van der Waals surface area contributed by atoms with E-state index in [2.05, 4.69) is 5.32 Å². The summed E-state index contributed by atoms with van der Waals surface area (Å²) in [4.78, 5) is 22.5. The van der Waals surface area contributed by atoms with E-state index < -0.39 is 16.0 Å². The van der Waals surface area contributed by atoms with Crippen LogP contribution >= 0.6 is 0 Å². The van der Waals surface area contributed by atoms with Gasteiger partial charge < -0.3 is 14.8 Å². The van der Waals surface area contributed by atoms with Gasteiger partial charge in [0.15, 0.2) is 5.78 Å². The fourth-order valence-electron chi connectivity index (χ4n) is 2.52. The first-order chi connectivity index (χ1) is 12.7. The lowest BCUT2D eigenvalue weighted by Gasteiger charge is -2.13. The van der Waals surface area contributed by atoms with Gasteiger partial charge in [-0.3, -0.25) is 14.1 Å². The molecule has 2 rings (SSSR count). The fourth-order valence-corrected chi connectivity index (χ4v) is 3.34. The van der Waals surface area contributed by atoms with Gasteiger partial charge >= 0.3 is 0 Å². The molecule has 0 unspecified atom stereocenters. The predicted molar refractivity (Wildman–Crippen MR) is 99.4 cm³/mol. The monoisotopic (exact) mass is 395 g/mol. The number of ether oxygens (including phenoxy) is 2. The number of anilines is 1. The molecule has 146 valence electrons. The maximum absolute atomic E-state index is 12.1. The molecule has 2 aromatic rings. The molecule has 0 bridgehead atoms. The van der Waals surface area contributed by atoms with Crippen LogP contribution in [-0.4, -0.2) is 51.1 Å². The molecule has 2 N–H and O–H groups in total. The Bertz CT molecular complexity index is 954. The summed E-state index contributed by atoms with van der Waals surface area (Å²) in [7, 11) is -4.47. The van der Waals surface area contributed by atoms with Crippen LogP contribution < -0.4 is 5.32 Å². The van der Waals surface area contributed by atoms with Gasteiger partial charge in [-0.2, -0.15) is 8.42 Å². The van der Waals surface area contributed by atoms with Crippen LogP contribution in [0.4, 0.5) is 5.69 Å². The van der Waals surface area contributed by atoms with Gasteiger partial charge in [-0.1, -0.05) is 18.2 Å². The molecule has 0 aliphatic carbocycles. The highest BCUT2D eigenvalue weighted by Crippen LogP contribution is 2.31. The number of hydrogen-bond donors (Lipinski definition) is 2. The van der Waals surface area contributed by atoms with E-state index in [9.17, 15) is 22.6 Å². The van der Waals surface area contributed by atoms with Crippen molar-refractivity contribution in [2.45, 2.75) is 18.7 Å². The number of ketones is 1. The predicted octanol–water partition coefficient (Wildman–Crippen LogP) is 1.96. The Kier molecular flexibility index (Phi) is 7.03. The number of fused-ring (bicyclic) bond motifs is 1. The molecule has 0 aromatic heterocycles. The molecule has 0 aliphatic heterocycles. The molecule has 0 aliphatic rings. The van der Waals surface area contributed by atoms with E-state index in [0.29, 0.717) is 10.9 Å². The van der Waals surface area contributed by atoms with Crippen LogP contribution in [0.15, 0.2) is 35.2 Å². The van der Waals surface area contributed by atoms with Gasteiger partial charge in [0, 0.05) is 5.39 Å². The number of Topliss-reactive ketones (excluding diaryl/α,β-unsaturated/α-hetero) is 1. The van der Waals surface area contributed by atoms with E-state index in [0.717, 1.165) is 0 Å². The number of carbonyl (C=O) groups excluding carboxylic acids is 2. The highest BCUT2D eigenvalue weighted by atomic mass is 32.2. The summed E-state index contributed by atoms with van der Waals surface area (Å²) in [6, 6.07) is 8.00. The number of hydrogen-bond acceptors (Lipinski definition) is 6. The summed E-state index contributed by atoms with van der Waals surface area (Å²) in [5, 5.41) is 3.39. The Hall–Kier alpha value is -2.33. The van der Waals surface area contributed by atoms with Gasteiger partial charge in [0.05, 0.1) is 18.9 Å². The van der Waals surface area contributed by atoms with Crippen LogP contribution in [0.5, 0.6) is 0 Å². The molecular weight excluding hydrogens is 374 g/mol. The van der Waals surface area contributed by atoms with Crippen molar-refractivity contribution in [2.24, 2.45) is 0 Å². The Morgan fingerprint density at radius 2 is 1.78 bits per heavy atom. The zero-order valence-corrected chi connectivity index (χ0v) is 15.8. The second-order valence-electron chi connectivity index (χ2n) is 6.00. The van der Waals surface area contributed by atoms with Crippen LogP contribution in [-0.2, 0) is 29.2 Å².